The van der Waals surface area contributed by atoms with Crippen LogP contribution in [0.25, 0.3) is 0 Å². The Balaban J connectivity index is 2.38. The molecule has 1 heterocycles. The lowest BCUT2D eigenvalue weighted by molar-refractivity contribution is 0.0689. The minimum atomic E-state index is -1.14. The number of benzene rings is 1. The van der Waals surface area contributed by atoms with E-state index in [0.717, 1.165) is 6.20 Å². The number of rotatable bonds is 4. The quantitative estimate of drug-likeness (QED) is 0.897. The van der Waals surface area contributed by atoms with Crippen LogP contribution in [0, 0.1) is 5.82 Å². The smallest absolute Gasteiger partial charge is 0.356 e. The van der Waals surface area contributed by atoms with Crippen LogP contribution >= 0.6 is 11.6 Å². The SMILES string of the molecule is CC(C)c1nc(C(=O)O)cnc1Nc1ccc(Cl)c(F)c1. The third-order valence-electron chi connectivity index (χ3n) is 2.75. The van der Waals surface area contributed by atoms with Crippen molar-refractivity contribution in [2.24, 2.45) is 0 Å². The van der Waals surface area contributed by atoms with Crippen molar-refractivity contribution >= 4 is 29.1 Å². The summed E-state index contributed by atoms with van der Waals surface area (Å²) in [6.07, 6.45) is 1.16. The number of nitrogens with one attached hydrogen (secondary N) is 1. The second-order valence-electron chi connectivity index (χ2n) is 4.70. The average Bonchev–Trinajstić information content (AvgIpc) is 2.43. The van der Waals surface area contributed by atoms with Crippen molar-refractivity contribution < 1.29 is 14.3 Å². The number of hydrogen-bond donors (Lipinski definition) is 2. The summed E-state index contributed by atoms with van der Waals surface area (Å²) in [5, 5.41) is 11.9. The summed E-state index contributed by atoms with van der Waals surface area (Å²) in [6.45, 7) is 3.73. The first-order chi connectivity index (χ1) is 9.88. The van der Waals surface area contributed by atoms with Gasteiger partial charge < -0.3 is 10.4 Å². The number of aromatic nitrogens is 2. The summed E-state index contributed by atoms with van der Waals surface area (Å²) in [4.78, 5) is 19.1. The van der Waals surface area contributed by atoms with Gasteiger partial charge in [0.2, 0.25) is 0 Å². The molecule has 5 nitrogen and oxygen atoms in total. The van der Waals surface area contributed by atoms with E-state index in [2.05, 4.69) is 15.3 Å². The zero-order valence-corrected chi connectivity index (χ0v) is 12.1. The summed E-state index contributed by atoms with van der Waals surface area (Å²) in [6, 6.07) is 4.26. The fourth-order valence-electron chi connectivity index (χ4n) is 1.72. The Hall–Kier alpha value is -2.21. The minimum Gasteiger partial charge on any atom is -0.476 e. The van der Waals surface area contributed by atoms with E-state index in [0.29, 0.717) is 17.2 Å². The van der Waals surface area contributed by atoms with Crippen LogP contribution in [0.4, 0.5) is 15.9 Å². The minimum absolute atomic E-state index is 0.0249. The Bertz CT molecular complexity index is 692. The molecule has 0 aliphatic carbocycles. The molecule has 0 bridgehead atoms. The maximum Gasteiger partial charge on any atom is 0.356 e. The van der Waals surface area contributed by atoms with Gasteiger partial charge in [0.25, 0.3) is 0 Å². The molecule has 0 radical (unpaired) electrons. The van der Waals surface area contributed by atoms with Crippen molar-refractivity contribution in [3.63, 3.8) is 0 Å². The number of halogens is 2. The van der Waals surface area contributed by atoms with Crippen LogP contribution < -0.4 is 5.32 Å². The molecule has 2 aromatic rings. The number of carboxylic acids is 1. The molecule has 110 valence electrons. The van der Waals surface area contributed by atoms with Crippen LogP contribution in [0.5, 0.6) is 0 Å². The highest BCUT2D eigenvalue weighted by Crippen LogP contribution is 2.25. The Kier molecular flexibility index (Phi) is 4.37. The zero-order chi connectivity index (χ0) is 15.6. The normalized spacial score (nSPS) is 10.7. The van der Waals surface area contributed by atoms with Gasteiger partial charge >= 0.3 is 5.97 Å². The van der Waals surface area contributed by atoms with Crippen molar-refractivity contribution in [3.05, 3.63) is 46.6 Å². The molecule has 2 N–H and O–H groups in total. The standard InChI is InChI=1S/C14H13ClFN3O2/c1-7(2)12-13(17-6-11(19-12)14(20)21)18-8-3-4-9(15)10(16)5-8/h3-7H,1-2H3,(H,17,18)(H,20,21). The van der Waals surface area contributed by atoms with Crippen molar-refractivity contribution in [2.75, 3.05) is 5.32 Å². The first-order valence-corrected chi connectivity index (χ1v) is 6.58. The van der Waals surface area contributed by atoms with Gasteiger partial charge in [-0.1, -0.05) is 25.4 Å². The van der Waals surface area contributed by atoms with Crippen LogP contribution in [0.3, 0.4) is 0 Å². The fourth-order valence-corrected chi connectivity index (χ4v) is 1.83. The first kappa shape index (κ1) is 15.2. The molecule has 0 saturated heterocycles. The molecule has 0 saturated carbocycles. The molecule has 21 heavy (non-hydrogen) atoms. The van der Waals surface area contributed by atoms with Gasteiger partial charge in [-0.2, -0.15) is 0 Å². The van der Waals surface area contributed by atoms with Crippen molar-refractivity contribution in [2.45, 2.75) is 19.8 Å². The molecular weight excluding hydrogens is 297 g/mol. The number of carboxylic acid groups (broad SMARTS) is 1. The van der Waals surface area contributed by atoms with Gasteiger partial charge in [-0.25, -0.2) is 19.2 Å². The molecule has 0 unspecified atom stereocenters. The van der Waals surface area contributed by atoms with Crippen LogP contribution in [-0.2, 0) is 0 Å². The van der Waals surface area contributed by atoms with Crippen molar-refractivity contribution in [1.29, 1.82) is 0 Å². The molecule has 1 aromatic carbocycles. The second kappa shape index (κ2) is 6.05. The van der Waals surface area contributed by atoms with Gasteiger partial charge in [0, 0.05) is 5.69 Å². The van der Waals surface area contributed by atoms with Gasteiger partial charge in [-0.3, -0.25) is 0 Å². The van der Waals surface area contributed by atoms with Gasteiger partial charge in [0.1, 0.15) is 5.82 Å². The summed E-state index contributed by atoms with van der Waals surface area (Å²) >= 11 is 5.62. The number of carbonyl (C=O) groups is 1. The van der Waals surface area contributed by atoms with E-state index in [-0.39, 0.29) is 16.6 Å². The van der Waals surface area contributed by atoms with Crippen LogP contribution in [0.2, 0.25) is 5.02 Å². The predicted octanol–water partition coefficient (Wildman–Crippen LogP) is 3.83. The number of aromatic carboxylic acids is 1. The Morgan fingerprint density at radius 1 is 1.43 bits per heavy atom. The monoisotopic (exact) mass is 309 g/mol. The Morgan fingerprint density at radius 3 is 2.71 bits per heavy atom. The molecule has 0 amide bonds. The van der Waals surface area contributed by atoms with E-state index in [9.17, 15) is 9.18 Å². The zero-order valence-electron chi connectivity index (χ0n) is 11.4. The lowest BCUT2D eigenvalue weighted by Crippen LogP contribution is -2.09. The first-order valence-electron chi connectivity index (χ1n) is 6.20. The lowest BCUT2D eigenvalue weighted by Gasteiger charge is -2.13. The summed E-state index contributed by atoms with van der Waals surface area (Å²) < 4.78 is 13.4. The van der Waals surface area contributed by atoms with Crippen LogP contribution in [-0.4, -0.2) is 21.0 Å². The van der Waals surface area contributed by atoms with E-state index in [1.54, 1.807) is 6.07 Å². The molecule has 0 aliphatic heterocycles. The largest absolute Gasteiger partial charge is 0.476 e. The Labute approximate surface area is 125 Å². The van der Waals surface area contributed by atoms with E-state index in [1.807, 2.05) is 13.8 Å². The molecule has 0 spiro atoms. The second-order valence-corrected chi connectivity index (χ2v) is 5.11. The van der Waals surface area contributed by atoms with E-state index in [4.69, 9.17) is 16.7 Å². The summed E-state index contributed by atoms with van der Waals surface area (Å²) in [5.74, 6) is -1.36. The maximum absolute atomic E-state index is 13.4. The van der Waals surface area contributed by atoms with E-state index >= 15 is 0 Å². The number of nitrogens with zero attached hydrogens (tertiary/aromatic N) is 2. The molecule has 1 aromatic heterocycles. The van der Waals surface area contributed by atoms with Gasteiger partial charge in [-0.15, -0.1) is 0 Å². The lowest BCUT2D eigenvalue weighted by atomic mass is 10.1. The summed E-state index contributed by atoms with van der Waals surface area (Å²) in [7, 11) is 0. The summed E-state index contributed by atoms with van der Waals surface area (Å²) in [5.41, 5.74) is 0.813. The van der Waals surface area contributed by atoms with Gasteiger partial charge in [0.15, 0.2) is 11.5 Å². The highest BCUT2D eigenvalue weighted by atomic mass is 35.5. The molecular formula is C14H13ClFN3O2. The highest BCUT2D eigenvalue weighted by molar-refractivity contribution is 6.30. The Morgan fingerprint density at radius 2 is 2.14 bits per heavy atom. The van der Waals surface area contributed by atoms with Crippen molar-refractivity contribution in [1.82, 2.24) is 9.97 Å². The average molecular weight is 310 g/mol. The van der Waals surface area contributed by atoms with E-state index < -0.39 is 11.8 Å². The molecule has 0 aliphatic rings. The van der Waals surface area contributed by atoms with Crippen molar-refractivity contribution in [3.8, 4) is 0 Å². The molecule has 0 fully saturated rings. The highest BCUT2D eigenvalue weighted by Gasteiger charge is 2.15. The fraction of sp³-hybridized carbons (Fsp3) is 0.214. The van der Waals surface area contributed by atoms with Crippen LogP contribution in [0.15, 0.2) is 24.4 Å². The number of anilines is 2. The number of hydrogen-bond acceptors (Lipinski definition) is 4. The van der Waals surface area contributed by atoms with Gasteiger partial charge in [0.05, 0.1) is 16.9 Å². The predicted molar refractivity (Wildman–Crippen MR) is 77.8 cm³/mol. The third-order valence-corrected chi connectivity index (χ3v) is 3.05. The third kappa shape index (κ3) is 3.46. The maximum atomic E-state index is 13.4. The van der Waals surface area contributed by atoms with Gasteiger partial charge in [-0.05, 0) is 24.1 Å². The topological polar surface area (TPSA) is 75.1 Å². The molecule has 2 rings (SSSR count). The van der Waals surface area contributed by atoms with Crippen LogP contribution in [0.1, 0.15) is 35.9 Å². The molecule has 0 atom stereocenters. The molecule has 7 heteroatoms. The van der Waals surface area contributed by atoms with E-state index in [1.165, 1.54) is 12.1 Å².